The highest BCUT2D eigenvalue weighted by atomic mass is 32.1. The van der Waals surface area contributed by atoms with Gasteiger partial charge in [-0.2, -0.15) is 13.2 Å². The Labute approximate surface area is 185 Å². The number of benzene rings is 1. The Kier molecular flexibility index (Phi) is 6.17. The van der Waals surface area contributed by atoms with Gasteiger partial charge >= 0.3 is 6.18 Å². The van der Waals surface area contributed by atoms with Crippen molar-refractivity contribution in [1.29, 1.82) is 0 Å². The fraction of sp³-hybridized carbons (Fsp3) is 0.286. The third kappa shape index (κ3) is 4.93. The molecule has 168 valence electrons. The number of carbonyl (C=O) groups excluding carboxylic acids is 2. The molecule has 1 aliphatic heterocycles. The molecule has 0 spiro atoms. The Morgan fingerprint density at radius 2 is 2.09 bits per heavy atom. The van der Waals surface area contributed by atoms with Crippen LogP contribution in [0.2, 0.25) is 0 Å². The van der Waals surface area contributed by atoms with Crippen molar-refractivity contribution in [3.05, 3.63) is 65.1 Å². The number of hydrogen-bond acceptors (Lipinski definition) is 6. The predicted octanol–water partition coefficient (Wildman–Crippen LogP) is 4.42. The zero-order chi connectivity index (χ0) is 22.7. The van der Waals surface area contributed by atoms with Crippen LogP contribution in [-0.4, -0.2) is 34.3 Å². The summed E-state index contributed by atoms with van der Waals surface area (Å²) in [5, 5.41) is 7.37. The van der Waals surface area contributed by atoms with Gasteiger partial charge in [0.15, 0.2) is 5.13 Å². The van der Waals surface area contributed by atoms with Gasteiger partial charge in [0.05, 0.1) is 18.4 Å². The minimum Gasteiger partial charge on any atom is -0.467 e. The van der Waals surface area contributed by atoms with Crippen LogP contribution in [0.1, 0.15) is 34.7 Å². The van der Waals surface area contributed by atoms with Crippen molar-refractivity contribution in [2.24, 2.45) is 0 Å². The van der Waals surface area contributed by atoms with Gasteiger partial charge in [0, 0.05) is 17.6 Å². The van der Waals surface area contributed by atoms with Crippen LogP contribution in [-0.2, 0) is 17.5 Å². The largest absolute Gasteiger partial charge is 0.467 e. The Balaban J connectivity index is 1.41. The van der Waals surface area contributed by atoms with Crippen LogP contribution >= 0.6 is 11.3 Å². The summed E-state index contributed by atoms with van der Waals surface area (Å²) in [7, 11) is 0. The van der Waals surface area contributed by atoms with Crippen molar-refractivity contribution in [3.63, 3.8) is 0 Å². The summed E-state index contributed by atoms with van der Waals surface area (Å²) in [5.74, 6) is -0.0576. The number of nitrogens with one attached hydrogen (secondary N) is 2. The SMILES string of the molecule is O=C(NCc1ccco1)C1CCCN1C(=O)c1csc(Nc2cccc(C(F)(F)F)c2)n1. The smallest absolute Gasteiger partial charge is 0.416 e. The zero-order valence-corrected chi connectivity index (χ0v) is 17.5. The highest BCUT2D eigenvalue weighted by Crippen LogP contribution is 2.32. The molecule has 0 aliphatic carbocycles. The van der Waals surface area contributed by atoms with Crippen molar-refractivity contribution in [3.8, 4) is 0 Å². The Morgan fingerprint density at radius 3 is 2.84 bits per heavy atom. The Bertz CT molecular complexity index is 1100. The molecule has 11 heteroatoms. The maximum atomic E-state index is 12.9. The topological polar surface area (TPSA) is 87.5 Å². The lowest BCUT2D eigenvalue weighted by atomic mass is 10.2. The summed E-state index contributed by atoms with van der Waals surface area (Å²) in [5.41, 5.74) is -0.435. The number of aromatic nitrogens is 1. The average Bonchev–Trinajstić information content (AvgIpc) is 3.53. The lowest BCUT2D eigenvalue weighted by Gasteiger charge is -2.23. The molecule has 0 radical (unpaired) electrons. The molecular weight excluding hydrogens is 445 g/mol. The first-order chi connectivity index (χ1) is 15.3. The van der Waals surface area contributed by atoms with Crippen LogP contribution in [0.3, 0.4) is 0 Å². The Morgan fingerprint density at radius 1 is 1.25 bits per heavy atom. The number of halogens is 3. The van der Waals surface area contributed by atoms with Crippen LogP contribution < -0.4 is 10.6 Å². The van der Waals surface area contributed by atoms with E-state index in [1.807, 2.05) is 0 Å². The van der Waals surface area contributed by atoms with E-state index in [9.17, 15) is 22.8 Å². The fourth-order valence-electron chi connectivity index (χ4n) is 3.46. The first-order valence-corrected chi connectivity index (χ1v) is 10.7. The van der Waals surface area contributed by atoms with Crippen molar-refractivity contribution >= 4 is 34.0 Å². The van der Waals surface area contributed by atoms with Gasteiger partial charge in [-0.1, -0.05) is 6.07 Å². The van der Waals surface area contributed by atoms with E-state index >= 15 is 0 Å². The molecule has 3 aromatic rings. The van der Waals surface area contributed by atoms with Crippen LogP contribution in [0.25, 0.3) is 0 Å². The first kappa shape index (κ1) is 21.9. The molecule has 1 atom stereocenters. The molecule has 1 aromatic carbocycles. The Hall–Kier alpha value is -3.34. The maximum absolute atomic E-state index is 12.9. The predicted molar refractivity (Wildman–Crippen MR) is 111 cm³/mol. The molecule has 7 nitrogen and oxygen atoms in total. The second-order valence-electron chi connectivity index (χ2n) is 7.20. The molecule has 2 N–H and O–H groups in total. The molecule has 2 aromatic heterocycles. The van der Waals surface area contributed by atoms with E-state index in [0.29, 0.717) is 25.1 Å². The highest BCUT2D eigenvalue weighted by Gasteiger charge is 2.35. The van der Waals surface area contributed by atoms with Gasteiger partial charge in [-0.25, -0.2) is 4.98 Å². The maximum Gasteiger partial charge on any atom is 0.416 e. The van der Waals surface area contributed by atoms with E-state index in [2.05, 4.69) is 15.6 Å². The fourth-order valence-corrected chi connectivity index (χ4v) is 4.17. The van der Waals surface area contributed by atoms with Crippen LogP contribution in [0, 0.1) is 0 Å². The number of likely N-dealkylation sites (tertiary alicyclic amines) is 1. The van der Waals surface area contributed by atoms with Gasteiger partial charge in [0.2, 0.25) is 5.91 Å². The standard InChI is InChI=1S/C21H19F3N4O3S/c22-21(23,24)13-4-1-5-14(10-13)26-20-27-16(12-32-20)19(30)28-8-2-7-17(28)18(29)25-11-15-6-3-9-31-15/h1,3-6,9-10,12,17H,2,7-8,11H2,(H,25,29)(H,26,27). The van der Waals surface area contributed by atoms with E-state index in [4.69, 9.17) is 4.42 Å². The number of thiazole rings is 1. The number of anilines is 2. The monoisotopic (exact) mass is 464 g/mol. The summed E-state index contributed by atoms with van der Waals surface area (Å²) in [6.07, 6.45) is -1.72. The normalized spacial score (nSPS) is 16.2. The van der Waals surface area contributed by atoms with E-state index in [-0.39, 0.29) is 29.0 Å². The first-order valence-electron chi connectivity index (χ1n) is 9.82. The van der Waals surface area contributed by atoms with Gasteiger partial charge in [-0.05, 0) is 43.2 Å². The second-order valence-corrected chi connectivity index (χ2v) is 8.05. The second kappa shape index (κ2) is 9.03. The summed E-state index contributed by atoms with van der Waals surface area (Å²) >= 11 is 1.10. The number of carbonyl (C=O) groups is 2. The summed E-state index contributed by atoms with van der Waals surface area (Å²) in [6.45, 7) is 0.651. The summed E-state index contributed by atoms with van der Waals surface area (Å²) in [4.78, 5) is 31.2. The molecule has 3 heterocycles. The third-order valence-corrected chi connectivity index (χ3v) is 5.76. The molecule has 1 fully saturated rings. The van der Waals surface area contributed by atoms with Crippen molar-refractivity contribution in [2.75, 3.05) is 11.9 Å². The molecule has 4 rings (SSSR count). The number of alkyl halides is 3. The number of hydrogen-bond donors (Lipinski definition) is 2. The summed E-state index contributed by atoms with van der Waals surface area (Å²) in [6, 6.07) is 7.58. The molecule has 2 amide bonds. The molecule has 1 unspecified atom stereocenters. The number of furan rings is 1. The minimum absolute atomic E-state index is 0.134. The molecule has 0 saturated carbocycles. The van der Waals surface area contributed by atoms with E-state index in [1.54, 1.807) is 12.1 Å². The molecular formula is C21H19F3N4O3S. The van der Waals surface area contributed by atoms with E-state index in [0.717, 1.165) is 23.5 Å². The van der Waals surface area contributed by atoms with Gasteiger partial charge in [-0.15, -0.1) is 11.3 Å². The van der Waals surface area contributed by atoms with E-state index in [1.165, 1.54) is 28.7 Å². The van der Waals surface area contributed by atoms with Gasteiger partial charge in [0.25, 0.3) is 5.91 Å². The van der Waals surface area contributed by atoms with Crippen LogP contribution in [0.15, 0.2) is 52.5 Å². The van der Waals surface area contributed by atoms with Crippen LogP contribution in [0.4, 0.5) is 24.0 Å². The lowest BCUT2D eigenvalue weighted by Crippen LogP contribution is -2.45. The molecule has 1 saturated heterocycles. The molecule has 0 bridgehead atoms. The summed E-state index contributed by atoms with van der Waals surface area (Å²) < 4.78 is 43.9. The quantitative estimate of drug-likeness (QED) is 0.564. The van der Waals surface area contributed by atoms with Crippen molar-refractivity contribution in [1.82, 2.24) is 15.2 Å². The average molecular weight is 464 g/mol. The van der Waals surface area contributed by atoms with Gasteiger partial charge in [-0.3, -0.25) is 9.59 Å². The van der Waals surface area contributed by atoms with Crippen molar-refractivity contribution < 1.29 is 27.2 Å². The number of rotatable bonds is 6. The third-order valence-electron chi connectivity index (χ3n) is 5.00. The molecule has 1 aliphatic rings. The van der Waals surface area contributed by atoms with Crippen molar-refractivity contribution in [2.45, 2.75) is 31.6 Å². The van der Waals surface area contributed by atoms with Gasteiger partial charge < -0.3 is 20.0 Å². The van der Waals surface area contributed by atoms with Gasteiger partial charge in [0.1, 0.15) is 17.5 Å². The highest BCUT2D eigenvalue weighted by molar-refractivity contribution is 7.14. The lowest BCUT2D eigenvalue weighted by molar-refractivity contribution is -0.137. The number of nitrogens with zero attached hydrogens (tertiary/aromatic N) is 2. The minimum atomic E-state index is -4.45. The van der Waals surface area contributed by atoms with Crippen LogP contribution in [0.5, 0.6) is 0 Å². The molecule has 32 heavy (non-hydrogen) atoms. The van der Waals surface area contributed by atoms with E-state index < -0.39 is 23.7 Å². The zero-order valence-electron chi connectivity index (χ0n) is 16.7. The number of amides is 2.